The lowest BCUT2D eigenvalue weighted by molar-refractivity contribution is -0.131. The number of ether oxygens (including phenoxy) is 2. The monoisotopic (exact) mass is 502 g/mol. The highest BCUT2D eigenvalue weighted by Gasteiger charge is 2.13. The number of carbonyl (C=O) groups excluding carboxylic acids is 3. The Hall–Kier alpha value is -4.13. The minimum atomic E-state index is -0.449. The summed E-state index contributed by atoms with van der Waals surface area (Å²) in [5, 5.41) is 5.71. The van der Waals surface area contributed by atoms with Gasteiger partial charge in [-0.2, -0.15) is 0 Å². The van der Waals surface area contributed by atoms with Gasteiger partial charge in [-0.25, -0.2) is 0 Å². The van der Waals surface area contributed by atoms with E-state index in [0.29, 0.717) is 43.0 Å². The summed E-state index contributed by atoms with van der Waals surface area (Å²) in [5.41, 5.74) is 3.26. The fourth-order valence-electron chi connectivity index (χ4n) is 3.54. The second kappa shape index (κ2) is 12.7. The number of carbonyl (C=O) groups is 3. The highest BCUT2D eigenvalue weighted by molar-refractivity contribution is 6.04. The molecule has 0 bridgehead atoms. The summed E-state index contributed by atoms with van der Waals surface area (Å²) in [6.07, 6.45) is 0.997. The standard InChI is InChI=1S/C30H34N2O5/c1-21(33)37-27-8-5-7-23(19-27)29(35)32-25-14-10-22(11-15-25)20-31-28(34)9-6-18-36-26-16-12-24(13-17-26)30(2,3)4/h5,7-8,10-17,19H,6,9,18,20H2,1-4H3,(H,31,34)(H,32,35). The molecule has 2 amide bonds. The van der Waals surface area contributed by atoms with Crippen molar-refractivity contribution in [2.45, 2.75) is 52.5 Å². The highest BCUT2D eigenvalue weighted by atomic mass is 16.5. The van der Waals surface area contributed by atoms with Crippen molar-refractivity contribution < 1.29 is 23.9 Å². The van der Waals surface area contributed by atoms with Gasteiger partial charge in [0.05, 0.1) is 6.61 Å². The van der Waals surface area contributed by atoms with Crippen LogP contribution >= 0.6 is 0 Å². The number of benzene rings is 3. The minimum absolute atomic E-state index is 0.0447. The summed E-state index contributed by atoms with van der Waals surface area (Å²) in [4.78, 5) is 35.8. The van der Waals surface area contributed by atoms with E-state index in [1.807, 2.05) is 24.3 Å². The molecule has 0 radical (unpaired) electrons. The van der Waals surface area contributed by atoms with Gasteiger partial charge in [-0.1, -0.05) is 51.1 Å². The smallest absolute Gasteiger partial charge is 0.308 e. The third kappa shape index (κ3) is 9.11. The summed E-state index contributed by atoms with van der Waals surface area (Å²) < 4.78 is 10.8. The maximum absolute atomic E-state index is 12.5. The van der Waals surface area contributed by atoms with E-state index in [9.17, 15) is 14.4 Å². The van der Waals surface area contributed by atoms with E-state index < -0.39 is 5.97 Å². The first-order valence-electron chi connectivity index (χ1n) is 12.3. The van der Waals surface area contributed by atoms with Crippen LogP contribution in [0.15, 0.2) is 72.8 Å². The Kier molecular flexibility index (Phi) is 9.44. The average Bonchev–Trinajstić information content (AvgIpc) is 2.86. The number of nitrogens with one attached hydrogen (secondary N) is 2. The molecule has 3 aromatic carbocycles. The molecule has 0 spiro atoms. The van der Waals surface area contributed by atoms with E-state index in [4.69, 9.17) is 9.47 Å². The number of anilines is 1. The zero-order valence-electron chi connectivity index (χ0n) is 21.8. The molecule has 0 aliphatic heterocycles. The van der Waals surface area contributed by atoms with E-state index in [2.05, 4.69) is 43.5 Å². The van der Waals surface area contributed by atoms with Crippen molar-refractivity contribution >= 4 is 23.5 Å². The molecule has 194 valence electrons. The fourth-order valence-corrected chi connectivity index (χ4v) is 3.54. The third-order valence-corrected chi connectivity index (χ3v) is 5.60. The SMILES string of the molecule is CC(=O)Oc1cccc(C(=O)Nc2ccc(CNC(=O)CCCOc3ccc(C(C)(C)C)cc3)cc2)c1. The Balaban J connectivity index is 1.38. The molecule has 0 aliphatic rings. The first kappa shape index (κ1) is 27.5. The van der Waals surface area contributed by atoms with Crippen LogP contribution in [0.3, 0.4) is 0 Å². The molecule has 3 rings (SSSR count). The second-order valence-corrected chi connectivity index (χ2v) is 9.78. The van der Waals surface area contributed by atoms with Crippen LogP contribution in [0.25, 0.3) is 0 Å². The predicted molar refractivity (Wildman–Crippen MR) is 144 cm³/mol. The van der Waals surface area contributed by atoms with Gasteiger partial charge in [-0.15, -0.1) is 0 Å². The molecular weight excluding hydrogens is 468 g/mol. The molecule has 3 aromatic rings. The zero-order chi connectivity index (χ0) is 26.8. The molecule has 37 heavy (non-hydrogen) atoms. The van der Waals surface area contributed by atoms with Crippen molar-refractivity contribution in [1.29, 1.82) is 0 Å². The third-order valence-electron chi connectivity index (χ3n) is 5.60. The Bertz CT molecular complexity index is 1210. The maximum atomic E-state index is 12.5. The second-order valence-electron chi connectivity index (χ2n) is 9.78. The van der Waals surface area contributed by atoms with Gasteiger partial charge >= 0.3 is 5.97 Å². The van der Waals surface area contributed by atoms with E-state index in [-0.39, 0.29) is 17.2 Å². The lowest BCUT2D eigenvalue weighted by Gasteiger charge is -2.19. The quantitative estimate of drug-likeness (QED) is 0.213. The van der Waals surface area contributed by atoms with E-state index >= 15 is 0 Å². The van der Waals surface area contributed by atoms with Gasteiger partial charge in [0.15, 0.2) is 0 Å². The van der Waals surface area contributed by atoms with Gasteiger partial charge < -0.3 is 20.1 Å². The molecule has 0 fully saturated rings. The average molecular weight is 503 g/mol. The predicted octanol–water partition coefficient (Wildman–Crippen LogP) is 5.64. The molecule has 2 N–H and O–H groups in total. The Morgan fingerprint density at radius 1 is 0.865 bits per heavy atom. The summed E-state index contributed by atoms with van der Waals surface area (Å²) in [6, 6.07) is 21.7. The summed E-state index contributed by atoms with van der Waals surface area (Å²) >= 11 is 0. The Morgan fingerprint density at radius 3 is 2.22 bits per heavy atom. The van der Waals surface area contributed by atoms with Crippen molar-refractivity contribution in [3.8, 4) is 11.5 Å². The van der Waals surface area contributed by atoms with Crippen LogP contribution in [-0.2, 0) is 21.5 Å². The topological polar surface area (TPSA) is 93.7 Å². The summed E-state index contributed by atoms with van der Waals surface area (Å²) in [5.74, 6) is 0.305. The van der Waals surface area contributed by atoms with Crippen molar-refractivity contribution in [3.63, 3.8) is 0 Å². The Morgan fingerprint density at radius 2 is 1.57 bits per heavy atom. The van der Waals surface area contributed by atoms with Crippen LogP contribution in [0.5, 0.6) is 11.5 Å². The van der Waals surface area contributed by atoms with E-state index in [0.717, 1.165) is 11.3 Å². The number of hydrogen-bond acceptors (Lipinski definition) is 5. The van der Waals surface area contributed by atoms with Crippen molar-refractivity contribution in [3.05, 3.63) is 89.5 Å². The van der Waals surface area contributed by atoms with Gasteiger partial charge in [0, 0.05) is 31.1 Å². The lowest BCUT2D eigenvalue weighted by Crippen LogP contribution is -2.23. The fraction of sp³-hybridized carbons (Fsp3) is 0.300. The van der Waals surface area contributed by atoms with Crippen LogP contribution in [-0.4, -0.2) is 24.4 Å². The van der Waals surface area contributed by atoms with Gasteiger partial charge in [-0.05, 0) is 65.4 Å². The maximum Gasteiger partial charge on any atom is 0.308 e. The van der Waals surface area contributed by atoms with Crippen molar-refractivity contribution in [2.75, 3.05) is 11.9 Å². The van der Waals surface area contributed by atoms with Gasteiger partial charge in [0.2, 0.25) is 5.91 Å². The lowest BCUT2D eigenvalue weighted by atomic mass is 9.87. The Labute approximate surface area is 218 Å². The highest BCUT2D eigenvalue weighted by Crippen LogP contribution is 2.24. The van der Waals surface area contributed by atoms with E-state index in [1.54, 1.807) is 30.3 Å². The molecule has 0 aliphatic carbocycles. The first-order chi connectivity index (χ1) is 17.6. The van der Waals surface area contributed by atoms with Crippen LogP contribution in [0.2, 0.25) is 0 Å². The van der Waals surface area contributed by atoms with Crippen molar-refractivity contribution in [1.82, 2.24) is 5.32 Å². The number of amides is 2. The summed E-state index contributed by atoms with van der Waals surface area (Å²) in [7, 11) is 0. The number of rotatable bonds is 10. The van der Waals surface area contributed by atoms with Gasteiger partial charge in [-0.3, -0.25) is 14.4 Å². The van der Waals surface area contributed by atoms with Gasteiger partial charge in [0.1, 0.15) is 11.5 Å². The van der Waals surface area contributed by atoms with Crippen LogP contribution in [0.4, 0.5) is 5.69 Å². The molecule has 7 nitrogen and oxygen atoms in total. The first-order valence-corrected chi connectivity index (χ1v) is 12.3. The zero-order valence-corrected chi connectivity index (χ0v) is 21.8. The largest absolute Gasteiger partial charge is 0.494 e. The normalized spacial score (nSPS) is 10.9. The van der Waals surface area contributed by atoms with Crippen LogP contribution in [0.1, 0.15) is 62.0 Å². The molecule has 0 unspecified atom stereocenters. The van der Waals surface area contributed by atoms with Gasteiger partial charge in [0.25, 0.3) is 5.91 Å². The van der Waals surface area contributed by atoms with Crippen molar-refractivity contribution in [2.24, 2.45) is 0 Å². The number of hydrogen-bond donors (Lipinski definition) is 2. The molecule has 0 aromatic heterocycles. The van der Waals surface area contributed by atoms with Crippen LogP contribution in [0, 0.1) is 0 Å². The number of esters is 1. The molecular formula is C30H34N2O5. The minimum Gasteiger partial charge on any atom is -0.494 e. The summed E-state index contributed by atoms with van der Waals surface area (Å²) in [6.45, 7) is 8.68. The molecule has 0 saturated heterocycles. The molecule has 0 saturated carbocycles. The molecule has 0 atom stereocenters. The van der Waals surface area contributed by atoms with E-state index in [1.165, 1.54) is 18.6 Å². The molecule has 0 heterocycles. The molecule has 7 heteroatoms. The van der Waals surface area contributed by atoms with Crippen LogP contribution < -0.4 is 20.1 Å².